The molecule has 0 saturated carbocycles. The monoisotopic (exact) mass is 249 g/mol. The Morgan fingerprint density at radius 2 is 2.28 bits per heavy atom. The second-order valence-electron chi connectivity index (χ2n) is 6.78. The molecule has 1 N–H and O–H groups in total. The van der Waals surface area contributed by atoms with Crippen LogP contribution < -0.4 is 5.32 Å². The smallest absolute Gasteiger partial charge is 0.0948 e. The molecule has 102 valence electrons. The summed E-state index contributed by atoms with van der Waals surface area (Å²) in [5.41, 5.74) is 1.77. The van der Waals surface area contributed by atoms with Crippen LogP contribution in [-0.4, -0.2) is 22.6 Å². The summed E-state index contributed by atoms with van der Waals surface area (Å²) in [5, 5.41) is 3.49. The first-order chi connectivity index (χ1) is 8.48. The van der Waals surface area contributed by atoms with Gasteiger partial charge in [-0.25, -0.2) is 4.98 Å². The van der Waals surface area contributed by atoms with E-state index in [4.69, 9.17) is 0 Å². The van der Waals surface area contributed by atoms with Crippen LogP contribution in [0.1, 0.15) is 52.1 Å². The SMILES string of the molecule is CC(Cn1cncc1C1CCCNC1)C(C)(C)C. The minimum Gasteiger partial charge on any atom is -0.334 e. The number of rotatable bonds is 3. The van der Waals surface area contributed by atoms with Gasteiger partial charge in [0.15, 0.2) is 0 Å². The van der Waals surface area contributed by atoms with E-state index in [1.54, 1.807) is 0 Å². The highest BCUT2D eigenvalue weighted by Gasteiger charge is 2.23. The van der Waals surface area contributed by atoms with E-state index in [1.807, 2.05) is 6.33 Å². The van der Waals surface area contributed by atoms with E-state index in [-0.39, 0.29) is 0 Å². The van der Waals surface area contributed by atoms with E-state index in [1.165, 1.54) is 25.1 Å². The highest BCUT2D eigenvalue weighted by molar-refractivity contribution is 5.08. The number of hydrogen-bond donors (Lipinski definition) is 1. The molecule has 1 aliphatic rings. The summed E-state index contributed by atoms with van der Waals surface area (Å²) in [6.45, 7) is 12.6. The molecule has 0 spiro atoms. The molecule has 0 amide bonds. The van der Waals surface area contributed by atoms with Crippen LogP contribution >= 0.6 is 0 Å². The molecular weight excluding hydrogens is 222 g/mol. The minimum atomic E-state index is 0.354. The zero-order valence-electron chi connectivity index (χ0n) is 12.2. The van der Waals surface area contributed by atoms with Crippen LogP contribution in [0.25, 0.3) is 0 Å². The van der Waals surface area contributed by atoms with Gasteiger partial charge >= 0.3 is 0 Å². The summed E-state index contributed by atoms with van der Waals surface area (Å²) >= 11 is 0. The molecule has 3 nitrogen and oxygen atoms in total. The second kappa shape index (κ2) is 5.43. The molecule has 2 rings (SSSR count). The van der Waals surface area contributed by atoms with E-state index < -0.39 is 0 Å². The molecule has 2 unspecified atom stereocenters. The first-order valence-corrected chi connectivity index (χ1v) is 7.19. The first-order valence-electron chi connectivity index (χ1n) is 7.19. The van der Waals surface area contributed by atoms with E-state index in [2.05, 4.69) is 48.8 Å². The van der Waals surface area contributed by atoms with Gasteiger partial charge in [-0.05, 0) is 30.7 Å². The Bertz CT molecular complexity index is 369. The first kappa shape index (κ1) is 13.6. The molecule has 0 aromatic carbocycles. The van der Waals surface area contributed by atoms with Gasteiger partial charge in [0.25, 0.3) is 0 Å². The van der Waals surface area contributed by atoms with E-state index in [9.17, 15) is 0 Å². The van der Waals surface area contributed by atoms with Gasteiger partial charge in [0.2, 0.25) is 0 Å². The highest BCUT2D eigenvalue weighted by Crippen LogP contribution is 2.29. The molecule has 1 saturated heterocycles. The van der Waals surface area contributed by atoms with Crippen LogP contribution in [0.2, 0.25) is 0 Å². The van der Waals surface area contributed by atoms with Crippen molar-refractivity contribution in [3.8, 4) is 0 Å². The van der Waals surface area contributed by atoms with Crippen molar-refractivity contribution in [2.45, 2.75) is 53.0 Å². The molecule has 0 aliphatic carbocycles. The molecule has 18 heavy (non-hydrogen) atoms. The van der Waals surface area contributed by atoms with E-state index in [0.29, 0.717) is 17.3 Å². The normalized spacial score (nSPS) is 23.0. The fourth-order valence-electron chi connectivity index (χ4n) is 2.50. The molecule has 1 aromatic heterocycles. The summed E-state index contributed by atoms with van der Waals surface area (Å²) in [5.74, 6) is 1.30. The van der Waals surface area contributed by atoms with Gasteiger partial charge in [0, 0.05) is 30.9 Å². The quantitative estimate of drug-likeness (QED) is 0.892. The minimum absolute atomic E-state index is 0.354. The van der Waals surface area contributed by atoms with Gasteiger partial charge in [0.1, 0.15) is 0 Å². The number of hydrogen-bond acceptors (Lipinski definition) is 2. The van der Waals surface area contributed by atoms with Crippen LogP contribution in [0, 0.1) is 11.3 Å². The van der Waals surface area contributed by atoms with Gasteiger partial charge in [-0.2, -0.15) is 0 Å². The molecule has 0 radical (unpaired) electrons. The molecule has 2 atom stereocenters. The van der Waals surface area contributed by atoms with Crippen molar-refractivity contribution in [2.75, 3.05) is 13.1 Å². The molecule has 1 fully saturated rings. The number of nitrogens with zero attached hydrogens (tertiary/aromatic N) is 2. The zero-order valence-corrected chi connectivity index (χ0v) is 12.2. The average molecular weight is 249 g/mol. The number of nitrogens with one attached hydrogen (secondary N) is 1. The fraction of sp³-hybridized carbons (Fsp3) is 0.800. The molecular formula is C15H27N3. The molecule has 1 aliphatic heterocycles. The van der Waals surface area contributed by atoms with Gasteiger partial charge in [-0.3, -0.25) is 0 Å². The van der Waals surface area contributed by atoms with Crippen molar-refractivity contribution in [3.63, 3.8) is 0 Å². The Kier molecular flexibility index (Phi) is 4.10. The predicted molar refractivity (Wildman–Crippen MR) is 75.7 cm³/mol. The zero-order chi connectivity index (χ0) is 13.2. The number of piperidine rings is 1. The molecule has 3 heteroatoms. The van der Waals surface area contributed by atoms with E-state index >= 15 is 0 Å². The van der Waals surface area contributed by atoms with Crippen molar-refractivity contribution in [3.05, 3.63) is 18.2 Å². The van der Waals surface area contributed by atoms with Crippen LogP contribution in [0.5, 0.6) is 0 Å². The van der Waals surface area contributed by atoms with Crippen molar-refractivity contribution in [1.29, 1.82) is 0 Å². The topological polar surface area (TPSA) is 29.9 Å². The highest BCUT2D eigenvalue weighted by atomic mass is 15.1. The lowest BCUT2D eigenvalue weighted by Gasteiger charge is -2.30. The summed E-state index contributed by atoms with van der Waals surface area (Å²) in [6, 6.07) is 0. The second-order valence-corrected chi connectivity index (χ2v) is 6.78. The lowest BCUT2D eigenvalue weighted by Crippen LogP contribution is -2.30. The Hall–Kier alpha value is -0.830. The Balaban J connectivity index is 2.07. The maximum Gasteiger partial charge on any atom is 0.0948 e. The van der Waals surface area contributed by atoms with Crippen LogP contribution in [0.15, 0.2) is 12.5 Å². The number of aromatic nitrogens is 2. The van der Waals surface area contributed by atoms with Crippen LogP contribution in [-0.2, 0) is 6.54 Å². The average Bonchev–Trinajstić information content (AvgIpc) is 2.77. The Morgan fingerprint density at radius 3 is 2.89 bits per heavy atom. The maximum atomic E-state index is 4.37. The third-order valence-corrected chi connectivity index (χ3v) is 4.41. The van der Waals surface area contributed by atoms with Crippen LogP contribution in [0.4, 0.5) is 0 Å². The molecule has 0 bridgehead atoms. The lowest BCUT2D eigenvalue weighted by atomic mass is 9.82. The molecule has 1 aromatic rings. The largest absolute Gasteiger partial charge is 0.334 e. The predicted octanol–water partition coefficient (Wildman–Crippen LogP) is 3.03. The fourth-order valence-corrected chi connectivity index (χ4v) is 2.50. The lowest BCUT2D eigenvalue weighted by molar-refractivity contribution is 0.229. The third-order valence-electron chi connectivity index (χ3n) is 4.41. The summed E-state index contributed by atoms with van der Waals surface area (Å²) in [7, 11) is 0. The van der Waals surface area contributed by atoms with Crippen molar-refractivity contribution in [2.24, 2.45) is 11.3 Å². The Labute approximate surface area is 111 Å². The Morgan fingerprint density at radius 1 is 1.50 bits per heavy atom. The van der Waals surface area contributed by atoms with Gasteiger partial charge in [-0.1, -0.05) is 27.7 Å². The van der Waals surface area contributed by atoms with E-state index in [0.717, 1.165) is 13.1 Å². The third kappa shape index (κ3) is 3.14. The van der Waals surface area contributed by atoms with Gasteiger partial charge in [-0.15, -0.1) is 0 Å². The van der Waals surface area contributed by atoms with Crippen LogP contribution in [0.3, 0.4) is 0 Å². The van der Waals surface area contributed by atoms with Gasteiger partial charge in [0.05, 0.1) is 6.33 Å². The van der Waals surface area contributed by atoms with Crippen molar-refractivity contribution >= 4 is 0 Å². The summed E-state index contributed by atoms with van der Waals surface area (Å²) < 4.78 is 2.37. The standard InChI is InChI=1S/C15H27N3/c1-12(15(2,3)4)10-18-11-17-9-14(18)13-6-5-7-16-8-13/h9,11-13,16H,5-8,10H2,1-4H3. The summed E-state index contributed by atoms with van der Waals surface area (Å²) in [4.78, 5) is 4.37. The number of imidazole rings is 1. The molecule has 2 heterocycles. The van der Waals surface area contributed by atoms with Crippen molar-refractivity contribution in [1.82, 2.24) is 14.9 Å². The van der Waals surface area contributed by atoms with Crippen molar-refractivity contribution < 1.29 is 0 Å². The summed E-state index contributed by atoms with van der Waals surface area (Å²) in [6.07, 6.45) is 6.65. The van der Waals surface area contributed by atoms with Gasteiger partial charge < -0.3 is 9.88 Å². The maximum absolute atomic E-state index is 4.37.